The molecule has 0 saturated carbocycles. The van der Waals surface area contributed by atoms with Crippen molar-refractivity contribution < 1.29 is 9.59 Å². The highest BCUT2D eigenvalue weighted by atomic mass is 16.2. The Labute approximate surface area is 195 Å². The summed E-state index contributed by atoms with van der Waals surface area (Å²) >= 11 is 0. The van der Waals surface area contributed by atoms with E-state index in [9.17, 15) is 9.59 Å². The monoisotopic (exact) mass is 438 g/mol. The molecule has 1 aliphatic heterocycles. The summed E-state index contributed by atoms with van der Waals surface area (Å²) < 4.78 is 0. The Kier molecular flexibility index (Phi) is 6.74. The van der Waals surface area contributed by atoms with Crippen LogP contribution in [0.15, 0.2) is 84.6 Å². The first-order valence-electron chi connectivity index (χ1n) is 11.6. The van der Waals surface area contributed by atoms with Crippen molar-refractivity contribution in [1.82, 2.24) is 0 Å². The largest absolute Gasteiger partial charge is 0.350 e. The van der Waals surface area contributed by atoms with Gasteiger partial charge in [0.1, 0.15) is 5.70 Å². The van der Waals surface area contributed by atoms with Gasteiger partial charge in [-0.2, -0.15) is 0 Å². The van der Waals surface area contributed by atoms with Crippen molar-refractivity contribution >= 4 is 28.8 Å². The number of anilines is 2. The van der Waals surface area contributed by atoms with Crippen LogP contribution in [0.2, 0.25) is 0 Å². The Hall–Kier alpha value is -3.66. The maximum Gasteiger partial charge on any atom is 0.282 e. The van der Waals surface area contributed by atoms with Crippen LogP contribution in [0.4, 0.5) is 11.4 Å². The number of rotatable bonds is 8. The van der Waals surface area contributed by atoms with Crippen molar-refractivity contribution in [2.75, 3.05) is 10.2 Å². The summed E-state index contributed by atoms with van der Waals surface area (Å²) in [5.41, 5.74) is 5.21. The van der Waals surface area contributed by atoms with Crippen LogP contribution in [-0.4, -0.2) is 11.8 Å². The molecule has 0 aromatic heterocycles. The number of imide groups is 1. The smallest absolute Gasteiger partial charge is 0.282 e. The quantitative estimate of drug-likeness (QED) is 0.406. The molecule has 168 valence electrons. The predicted molar refractivity (Wildman–Crippen MR) is 135 cm³/mol. The second-order valence-electron chi connectivity index (χ2n) is 8.73. The highest BCUT2D eigenvalue weighted by molar-refractivity contribution is 6.46. The summed E-state index contributed by atoms with van der Waals surface area (Å²) in [6.07, 6.45) is 3.23. The molecule has 2 amide bonds. The highest BCUT2D eigenvalue weighted by Gasteiger charge is 2.40. The first kappa shape index (κ1) is 22.5. The molecule has 1 N–H and O–H groups in total. The standard InChI is InChI=1S/C29H30N2O2/c1-4-5-9-21-12-18-25(19-13-21)31-28(32)26(23-10-7-6-8-11-23)27(29(31)33)30-24-16-14-22(15-17-24)20(2)3/h6-8,10-20,30H,4-5,9H2,1-3H3. The van der Waals surface area contributed by atoms with Gasteiger partial charge in [0.25, 0.3) is 11.8 Å². The third-order valence-corrected chi connectivity index (χ3v) is 6.01. The number of amides is 2. The number of hydrogen-bond donors (Lipinski definition) is 1. The summed E-state index contributed by atoms with van der Waals surface area (Å²) in [4.78, 5) is 28.3. The van der Waals surface area contributed by atoms with Gasteiger partial charge in [-0.3, -0.25) is 9.59 Å². The normalized spacial score (nSPS) is 13.9. The number of carbonyl (C=O) groups excluding carboxylic acids is 2. The van der Waals surface area contributed by atoms with Crippen molar-refractivity contribution in [3.8, 4) is 0 Å². The first-order valence-corrected chi connectivity index (χ1v) is 11.6. The number of aryl methyl sites for hydroxylation is 1. The van der Waals surface area contributed by atoms with E-state index < -0.39 is 0 Å². The van der Waals surface area contributed by atoms with Gasteiger partial charge in [-0.05, 0) is 59.7 Å². The summed E-state index contributed by atoms with van der Waals surface area (Å²) in [7, 11) is 0. The van der Waals surface area contributed by atoms with Crippen LogP contribution in [0.5, 0.6) is 0 Å². The van der Waals surface area contributed by atoms with Crippen molar-refractivity contribution in [2.24, 2.45) is 0 Å². The van der Waals surface area contributed by atoms with Crippen LogP contribution >= 0.6 is 0 Å². The van der Waals surface area contributed by atoms with Gasteiger partial charge in [0.05, 0.1) is 11.3 Å². The fourth-order valence-electron chi connectivity index (χ4n) is 4.04. The van der Waals surface area contributed by atoms with E-state index in [4.69, 9.17) is 0 Å². The number of benzene rings is 3. The van der Waals surface area contributed by atoms with E-state index in [2.05, 4.69) is 26.1 Å². The van der Waals surface area contributed by atoms with Crippen molar-refractivity contribution in [3.05, 3.63) is 101 Å². The molecule has 1 heterocycles. The topological polar surface area (TPSA) is 49.4 Å². The first-order chi connectivity index (χ1) is 16.0. The van der Waals surface area contributed by atoms with Crippen molar-refractivity contribution in [2.45, 2.75) is 46.0 Å². The van der Waals surface area contributed by atoms with Crippen molar-refractivity contribution in [1.29, 1.82) is 0 Å². The molecular formula is C29H30N2O2. The summed E-state index contributed by atoms with van der Waals surface area (Å²) in [5.74, 6) is -0.231. The highest BCUT2D eigenvalue weighted by Crippen LogP contribution is 2.34. The minimum absolute atomic E-state index is 0.304. The van der Waals surface area contributed by atoms with E-state index in [0.717, 1.165) is 30.5 Å². The molecule has 0 aliphatic carbocycles. The minimum atomic E-state index is -0.340. The zero-order valence-electron chi connectivity index (χ0n) is 19.5. The SMILES string of the molecule is CCCCc1ccc(N2C(=O)C(Nc3ccc(C(C)C)cc3)=C(c3ccccc3)C2=O)cc1. The zero-order chi connectivity index (χ0) is 23.4. The maximum absolute atomic E-state index is 13.5. The van der Waals surface area contributed by atoms with Crippen molar-refractivity contribution in [3.63, 3.8) is 0 Å². The fraction of sp³-hybridized carbons (Fsp3) is 0.241. The molecule has 3 aromatic rings. The van der Waals surface area contributed by atoms with E-state index in [0.29, 0.717) is 22.9 Å². The molecule has 4 rings (SSSR count). The molecular weight excluding hydrogens is 408 g/mol. The average molecular weight is 439 g/mol. The van der Waals surface area contributed by atoms with Gasteiger partial charge < -0.3 is 5.32 Å². The Balaban J connectivity index is 1.69. The van der Waals surface area contributed by atoms with Crippen LogP contribution < -0.4 is 10.2 Å². The third kappa shape index (κ3) is 4.75. The number of carbonyl (C=O) groups is 2. The molecule has 0 spiro atoms. The van der Waals surface area contributed by atoms with Gasteiger partial charge in [0.2, 0.25) is 0 Å². The molecule has 4 nitrogen and oxygen atoms in total. The molecule has 0 unspecified atom stereocenters. The Morgan fingerprint density at radius 3 is 2.09 bits per heavy atom. The number of unbranched alkanes of at least 4 members (excludes halogenated alkanes) is 1. The number of nitrogens with zero attached hydrogens (tertiary/aromatic N) is 1. The van der Waals surface area contributed by atoms with E-state index in [-0.39, 0.29) is 11.8 Å². The average Bonchev–Trinajstić information content (AvgIpc) is 3.08. The fourth-order valence-corrected chi connectivity index (χ4v) is 4.04. The molecule has 0 radical (unpaired) electrons. The van der Waals surface area contributed by atoms with Crippen LogP contribution in [0, 0.1) is 0 Å². The minimum Gasteiger partial charge on any atom is -0.350 e. The third-order valence-electron chi connectivity index (χ3n) is 6.01. The molecule has 0 saturated heterocycles. The summed E-state index contributed by atoms with van der Waals surface area (Å²) in [5, 5.41) is 3.24. The van der Waals surface area contributed by atoms with Gasteiger partial charge in [-0.25, -0.2) is 4.90 Å². The number of nitrogens with one attached hydrogen (secondary N) is 1. The van der Waals surface area contributed by atoms with E-state index >= 15 is 0 Å². The van der Waals surface area contributed by atoms with Crippen LogP contribution in [0.3, 0.4) is 0 Å². The molecule has 4 heteroatoms. The van der Waals surface area contributed by atoms with E-state index in [1.165, 1.54) is 16.0 Å². The zero-order valence-corrected chi connectivity index (χ0v) is 19.5. The Morgan fingerprint density at radius 1 is 0.818 bits per heavy atom. The van der Waals surface area contributed by atoms with Crippen LogP contribution in [0.25, 0.3) is 5.57 Å². The van der Waals surface area contributed by atoms with Gasteiger partial charge in [0, 0.05) is 5.69 Å². The number of hydrogen-bond acceptors (Lipinski definition) is 3. The van der Waals surface area contributed by atoms with Gasteiger partial charge >= 0.3 is 0 Å². The second-order valence-corrected chi connectivity index (χ2v) is 8.73. The Morgan fingerprint density at radius 2 is 1.48 bits per heavy atom. The van der Waals surface area contributed by atoms with Gasteiger partial charge in [0.15, 0.2) is 0 Å². The molecule has 3 aromatic carbocycles. The van der Waals surface area contributed by atoms with Gasteiger partial charge in [-0.15, -0.1) is 0 Å². The molecule has 0 atom stereocenters. The lowest BCUT2D eigenvalue weighted by atomic mass is 10.0. The summed E-state index contributed by atoms with van der Waals surface area (Å²) in [6, 6.07) is 25.1. The van der Waals surface area contributed by atoms with Crippen LogP contribution in [0.1, 0.15) is 56.2 Å². The molecule has 0 fully saturated rings. The lowest BCUT2D eigenvalue weighted by molar-refractivity contribution is -0.120. The van der Waals surface area contributed by atoms with E-state index in [1.807, 2.05) is 78.9 Å². The van der Waals surface area contributed by atoms with Gasteiger partial charge in [-0.1, -0.05) is 81.8 Å². The lowest BCUT2D eigenvalue weighted by Gasteiger charge is -2.16. The molecule has 0 bridgehead atoms. The predicted octanol–water partition coefficient (Wildman–Crippen LogP) is 6.55. The van der Waals surface area contributed by atoms with E-state index in [1.54, 1.807) is 0 Å². The summed E-state index contributed by atoms with van der Waals surface area (Å²) in [6.45, 7) is 6.45. The Bertz CT molecular complexity index is 1160. The van der Waals surface area contributed by atoms with Crippen LogP contribution in [-0.2, 0) is 16.0 Å². The molecule has 1 aliphatic rings. The second kappa shape index (κ2) is 9.86. The lowest BCUT2D eigenvalue weighted by Crippen LogP contribution is -2.32. The molecule has 33 heavy (non-hydrogen) atoms. The maximum atomic E-state index is 13.5.